The molecular formula is C22H31FN2O. The molecule has 2 aliphatic carbocycles. The largest absolute Gasteiger partial charge is 0.341 e. The highest BCUT2D eigenvalue weighted by atomic mass is 19.1. The number of benzene rings is 1. The van der Waals surface area contributed by atoms with E-state index in [4.69, 9.17) is 0 Å². The van der Waals surface area contributed by atoms with Gasteiger partial charge in [0.1, 0.15) is 5.82 Å². The van der Waals surface area contributed by atoms with Crippen molar-refractivity contribution >= 4 is 5.91 Å². The van der Waals surface area contributed by atoms with Gasteiger partial charge in [0, 0.05) is 13.1 Å². The Balaban J connectivity index is 1.57. The molecule has 3 fully saturated rings. The fraction of sp³-hybridized carbons (Fsp3) is 0.682. The number of carbonyl (C=O) groups excluding carboxylic acids is 1. The molecule has 0 spiro atoms. The molecule has 142 valence electrons. The molecule has 3 nitrogen and oxygen atoms in total. The number of hydrogen-bond acceptors (Lipinski definition) is 2. The van der Waals surface area contributed by atoms with Gasteiger partial charge in [-0.1, -0.05) is 31.4 Å². The summed E-state index contributed by atoms with van der Waals surface area (Å²) < 4.78 is 13.5. The molecule has 1 amide bonds. The molecule has 3 aliphatic rings. The van der Waals surface area contributed by atoms with Crippen LogP contribution in [0.2, 0.25) is 0 Å². The number of hydrogen-bond donors (Lipinski definition) is 1. The number of nitrogens with one attached hydrogen (secondary N) is 1. The third-order valence-corrected chi connectivity index (χ3v) is 7.41. The number of nitrogens with zero attached hydrogens (tertiary/aromatic N) is 1. The van der Waals surface area contributed by atoms with Crippen molar-refractivity contribution < 1.29 is 9.18 Å². The van der Waals surface area contributed by atoms with E-state index in [9.17, 15) is 9.18 Å². The predicted molar refractivity (Wildman–Crippen MR) is 101 cm³/mol. The summed E-state index contributed by atoms with van der Waals surface area (Å²) in [5.41, 5.74) is 0.465. The van der Waals surface area contributed by atoms with Crippen molar-refractivity contribution in [3.63, 3.8) is 0 Å². The Morgan fingerprint density at radius 1 is 1.15 bits per heavy atom. The van der Waals surface area contributed by atoms with Gasteiger partial charge in [-0.15, -0.1) is 0 Å². The molecule has 26 heavy (non-hydrogen) atoms. The van der Waals surface area contributed by atoms with E-state index in [0.29, 0.717) is 17.8 Å². The van der Waals surface area contributed by atoms with Crippen molar-refractivity contribution in [2.75, 3.05) is 26.7 Å². The lowest BCUT2D eigenvalue weighted by atomic mass is 9.65. The van der Waals surface area contributed by atoms with Crippen LogP contribution in [0.1, 0.15) is 44.6 Å². The number of carbonyl (C=O) groups is 1. The Morgan fingerprint density at radius 3 is 2.35 bits per heavy atom. The molecule has 0 aromatic heterocycles. The number of halogens is 1. The Morgan fingerprint density at radius 2 is 1.77 bits per heavy atom. The van der Waals surface area contributed by atoms with Crippen molar-refractivity contribution in [2.24, 2.45) is 23.7 Å². The Labute approximate surface area is 156 Å². The van der Waals surface area contributed by atoms with Crippen LogP contribution in [0.4, 0.5) is 4.39 Å². The molecule has 1 aromatic carbocycles. The standard InChI is InChI=1S/C22H31FN2O/c1-22(15-6-4-3-5-7-15,16-8-10-17(23)11-9-16)21(26)25-13-19-18(12-24-2)20(19)14-25/h8-11,15,18-20,24H,3-7,12-14H2,1-2H3. The maximum atomic E-state index is 13.7. The van der Waals surface area contributed by atoms with Gasteiger partial charge in [-0.2, -0.15) is 0 Å². The Hall–Kier alpha value is -1.42. The van der Waals surface area contributed by atoms with Crippen LogP contribution in [-0.2, 0) is 10.2 Å². The zero-order chi connectivity index (χ0) is 18.3. The quantitative estimate of drug-likeness (QED) is 0.872. The summed E-state index contributed by atoms with van der Waals surface area (Å²) in [4.78, 5) is 15.8. The maximum absolute atomic E-state index is 13.7. The lowest BCUT2D eigenvalue weighted by Gasteiger charge is -2.42. The van der Waals surface area contributed by atoms with Gasteiger partial charge in [-0.25, -0.2) is 4.39 Å². The maximum Gasteiger partial charge on any atom is 0.233 e. The molecule has 1 aromatic rings. The zero-order valence-corrected chi connectivity index (χ0v) is 16.0. The van der Waals surface area contributed by atoms with Gasteiger partial charge in [0.15, 0.2) is 0 Å². The first-order chi connectivity index (χ1) is 12.6. The Kier molecular flexibility index (Phi) is 4.81. The Bertz CT molecular complexity index is 643. The molecule has 1 heterocycles. The number of amides is 1. The van der Waals surface area contributed by atoms with Crippen LogP contribution in [0.15, 0.2) is 24.3 Å². The average molecular weight is 359 g/mol. The fourth-order valence-corrected chi connectivity index (χ4v) is 5.69. The molecular weight excluding hydrogens is 327 g/mol. The monoisotopic (exact) mass is 358 g/mol. The van der Waals surface area contributed by atoms with Gasteiger partial charge in [-0.05, 0) is 74.7 Å². The molecule has 3 atom stereocenters. The van der Waals surface area contributed by atoms with Gasteiger partial charge < -0.3 is 10.2 Å². The average Bonchev–Trinajstić information content (AvgIpc) is 3.11. The summed E-state index contributed by atoms with van der Waals surface area (Å²) in [5, 5.41) is 3.28. The van der Waals surface area contributed by atoms with Crippen LogP contribution >= 0.6 is 0 Å². The van der Waals surface area contributed by atoms with Crippen LogP contribution < -0.4 is 5.32 Å². The lowest BCUT2D eigenvalue weighted by molar-refractivity contribution is -0.139. The normalized spacial score (nSPS) is 30.7. The minimum atomic E-state index is -0.524. The first-order valence-electron chi connectivity index (χ1n) is 10.3. The minimum absolute atomic E-state index is 0.232. The summed E-state index contributed by atoms with van der Waals surface area (Å²) in [7, 11) is 2.01. The molecule has 2 saturated carbocycles. The van der Waals surface area contributed by atoms with E-state index in [1.54, 1.807) is 0 Å². The second-order valence-corrected chi connectivity index (χ2v) is 8.80. The molecule has 0 radical (unpaired) electrons. The minimum Gasteiger partial charge on any atom is -0.341 e. The van der Waals surface area contributed by atoms with Crippen molar-refractivity contribution in [1.29, 1.82) is 0 Å². The second kappa shape index (κ2) is 6.95. The van der Waals surface area contributed by atoms with E-state index in [1.165, 1.54) is 31.4 Å². The zero-order valence-electron chi connectivity index (χ0n) is 16.0. The van der Waals surface area contributed by atoms with Crippen LogP contribution in [0.5, 0.6) is 0 Å². The van der Waals surface area contributed by atoms with Crippen LogP contribution in [0.3, 0.4) is 0 Å². The van der Waals surface area contributed by atoms with E-state index in [2.05, 4.69) is 17.1 Å². The number of rotatable bonds is 5. The number of likely N-dealkylation sites (tertiary alicyclic amines) is 1. The van der Waals surface area contributed by atoms with Gasteiger partial charge in [0.05, 0.1) is 5.41 Å². The van der Waals surface area contributed by atoms with Crippen LogP contribution in [0.25, 0.3) is 0 Å². The molecule has 0 bridgehead atoms. The first kappa shape index (κ1) is 18.0. The second-order valence-electron chi connectivity index (χ2n) is 8.80. The summed E-state index contributed by atoms with van der Waals surface area (Å²) in [6, 6.07) is 6.69. The van der Waals surface area contributed by atoms with E-state index >= 15 is 0 Å². The van der Waals surface area contributed by atoms with Gasteiger partial charge in [-0.3, -0.25) is 4.79 Å². The molecule has 4 heteroatoms. The predicted octanol–water partition coefficient (Wildman–Crippen LogP) is 3.59. The third-order valence-electron chi connectivity index (χ3n) is 7.41. The van der Waals surface area contributed by atoms with Gasteiger partial charge >= 0.3 is 0 Å². The molecule has 3 unspecified atom stereocenters. The van der Waals surface area contributed by atoms with E-state index < -0.39 is 5.41 Å². The van der Waals surface area contributed by atoms with Crippen LogP contribution in [0, 0.1) is 29.5 Å². The molecule has 1 N–H and O–H groups in total. The smallest absolute Gasteiger partial charge is 0.233 e. The topological polar surface area (TPSA) is 32.3 Å². The molecule has 4 rings (SSSR count). The highest BCUT2D eigenvalue weighted by Crippen LogP contribution is 2.53. The molecule has 1 saturated heterocycles. The summed E-state index contributed by atoms with van der Waals surface area (Å²) >= 11 is 0. The van der Waals surface area contributed by atoms with Gasteiger partial charge in [0.25, 0.3) is 0 Å². The van der Waals surface area contributed by atoms with E-state index in [0.717, 1.165) is 44.0 Å². The SMILES string of the molecule is CNCC1C2CN(C(=O)C(C)(c3ccc(F)cc3)C3CCCCC3)CC12. The van der Waals surface area contributed by atoms with Crippen LogP contribution in [-0.4, -0.2) is 37.5 Å². The molecule has 1 aliphatic heterocycles. The van der Waals surface area contributed by atoms with Gasteiger partial charge in [0.2, 0.25) is 5.91 Å². The van der Waals surface area contributed by atoms with E-state index in [-0.39, 0.29) is 11.7 Å². The highest BCUT2D eigenvalue weighted by Gasteiger charge is 2.58. The van der Waals surface area contributed by atoms with Crippen molar-refractivity contribution in [2.45, 2.75) is 44.4 Å². The lowest BCUT2D eigenvalue weighted by Crippen LogP contribution is -2.50. The van der Waals surface area contributed by atoms with Crippen molar-refractivity contribution in [1.82, 2.24) is 10.2 Å². The summed E-state index contributed by atoms with van der Waals surface area (Å²) in [5.74, 6) is 2.50. The first-order valence-corrected chi connectivity index (χ1v) is 10.3. The van der Waals surface area contributed by atoms with Crippen molar-refractivity contribution in [3.05, 3.63) is 35.6 Å². The van der Waals surface area contributed by atoms with Crippen molar-refractivity contribution in [3.8, 4) is 0 Å². The highest BCUT2D eigenvalue weighted by molar-refractivity contribution is 5.88. The number of piperidine rings is 1. The number of fused-ring (bicyclic) bond motifs is 1. The van der Waals surface area contributed by atoms with E-state index in [1.807, 2.05) is 19.2 Å². The summed E-state index contributed by atoms with van der Waals surface area (Å²) in [6.45, 7) is 4.99. The third kappa shape index (κ3) is 2.96. The summed E-state index contributed by atoms with van der Waals surface area (Å²) in [6.07, 6.45) is 5.86. The fourth-order valence-electron chi connectivity index (χ4n) is 5.69.